The first kappa shape index (κ1) is 8.72. The molecule has 0 aliphatic heterocycles. The fourth-order valence-corrected chi connectivity index (χ4v) is 1.98. The molecule has 1 aromatic carbocycles. The Balaban J connectivity index is 2.79. The quantitative estimate of drug-likeness (QED) is 0.793. The summed E-state index contributed by atoms with van der Waals surface area (Å²) in [4.78, 5) is 3.02. The first-order chi connectivity index (χ1) is 6.22. The van der Waals surface area contributed by atoms with Crippen LogP contribution in [0.2, 0.25) is 0 Å². The number of H-pyrrole nitrogens is 1. The molecular formula is C9H8BrFN2. The minimum absolute atomic E-state index is 0.246. The number of fused-ring (bicyclic) bond motifs is 1. The van der Waals surface area contributed by atoms with Crippen molar-refractivity contribution >= 4 is 26.8 Å². The number of halogens is 2. The van der Waals surface area contributed by atoms with Gasteiger partial charge in [0.1, 0.15) is 5.82 Å². The highest BCUT2D eigenvalue weighted by Crippen LogP contribution is 2.26. The highest BCUT2D eigenvalue weighted by Gasteiger charge is 2.07. The van der Waals surface area contributed by atoms with Crippen LogP contribution in [0.25, 0.3) is 10.9 Å². The third-order valence-electron chi connectivity index (χ3n) is 2.02. The van der Waals surface area contributed by atoms with Crippen molar-refractivity contribution in [1.82, 2.24) is 4.98 Å². The van der Waals surface area contributed by atoms with Crippen molar-refractivity contribution in [1.29, 1.82) is 0 Å². The molecule has 0 atom stereocenters. The predicted octanol–water partition coefficient (Wildman–Crippen LogP) is 2.53. The molecule has 0 unspecified atom stereocenters. The Kier molecular flexibility index (Phi) is 2.09. The molecule has 2 rings (SSSR count). The van der Waals surface area contributed by atoms with Crippen molar-refractivity contribution in [3.63, 3.8) is 0 Å². The first-order valence-corrected chi connectivity index (χ1v) is 4.67. The molecule has 0 bridgehead atoms. The van der Waals surface area contributed by atoms with Crippen LogP contribution in [0.3, 0.4) is 0 Å². The summed E-state index contributed by atoms with van der Waals surface area (Å²) in [5.74, 6) is -0.246. The molecule has 1 heterocycles. The third-order valence-corrected chi connectivity index (χ3v) is 2.70. The van der Waals surface area contributed by atoms with Crippen molar-refractivity contribution in [3.05, 3.63) is 34.2 Å². The number of aromatic amines is 1. The number of hydrogen-bond acceptors (Lipinski definition) is 1. The Labute approximate surface area is 83.1 Å². The summed E-state index contributed by atoms with van der Waals surface area (Å²) in [7, 11) is 0. The molecule has 0 fully saturated rings. The standard InChI is InChI=1S/C9H8BrFN2/c10-9-7(4-12)6-2-1-5(11)3-8(6)13-9/h1-3,13H,4,12H2. The van der Waals surface area contributed by atoms with Crippen LogP contribution in [-0.4, -0.2) is 4.98 Å². The highest BCUT2D eigenvalue weighted by molar-refractivity contribution is 9.10. The monoisotopic (exact) mass is 242 g/mol. The average Bonchev–Trinajstić information content (AvgIpc) is 2.39. The number of benzene rings is 1. The summed E-state index contributed by atoms with van der Waals surface area (Å²) in [5.41, 5.74) is 7.31. The van der Waals surface area contributed by atoms with Crippen LogP contribution in [0.1, 0.15) is 5.56 Å². The van der Waals surface area contributed by atoms with Crippen LogP contribution in [0, 0.1) is 5.82 Å². The molecule has 4 heteroatoms. The second kappa shape index (κ2) is 3.12. The van der Waals surface area contributed by atoms with E-state index in [0.717, 1.165) is 21.1 Å². The molecule has 0 spiro atoms. The summed E-state index contributed by atoms with van der Waals surface area (Å²) < 4.78 is 13.6. The van der Waals surface area contributed by atoms with Gasteiger partial charge in [-0.15, -0.1) is 0 Å². The molecule has 2 nitrogen and oxygen atoms in total. The van der Waals surface area contributed by atoms with E-state index < -0.39 is 0 Å². The van der Waals surface area contributed by atoms with E-state index >= 15 is 0 Å². The maximum atomic E-state index is 12.8. The summed E-state index contributed by atoms with van der Waals surface area (Å²) >= 11 is 3.34. The van der Waals surface area contributed by atoms with Gasteiger partial charge in [0.25, 0.3) is 0 Å². The molecule has 68 valence electrons. The summed E-state index contributed by atoms with van der Waals surface area (Å²) in [6, 6.07) is 4.62. The second-order valence-corrected chi connectivity index (χ2v) is 3.60. The maximum absolute atomic E-state index is 12.8. The molecule has 0 aliphatic carbocycles. The molecule has 0 aliphatic rings. The Morgan fingerprint density at radius 3 is 2.92 bits per heavy atom. The number of rotatable bonds is 1. The van der Waals surface area contributed by atoms with Crippen molar-refractivity contribution < 1.29 is 4.39 Å². The lowest BCUT2D eigenvalue weighted by atomic mass is 10.2. The maximum Gasteiger partial charge on any atom is 0.125 e. The molecule has 0 saturated heterocycles. The lowest BCUT2D eigenvalue weighted by molar-refractivity contribution is 0.629. The molecule has 3 N–H and O–H groups in total. The normalized spacial score (nSPS) is 11.0. The number of nitrogens with one attached hydrogen (secondary N) is 1. The molecule has 1 aromatic heterocycles. The van der Waals surface area contributed by atoms with E-state index in [4.69, 9.17) is 5.73 Å². The van der Waals surface area contributed by atoms with Crippen LogP contribution in [0.15, 0.2) is 22.8 Å². The molecule has 0 amide bonds. The Morgan fingerprint density at radius 2 is 2.23 bits per heavy atom. The van der Waals surface area contributed by atoms with Crippen LogP contribution in [-0.2, 0) is 6.54 Å². The van der Waals surface area contributed by atoms with E-state index in [-0.39, 0.29) is 5.82 Å². The number of nitrogens with two attached hydrogens (primary N) is 1. The molecule has 0 saturated carbocycles. The van der Waals surface area contributed by atoms with Crippen molar-refractivity contribution in [2.24, 2.45) is 5.73 Å². The first-order valence-electron chi connectivity index (χ1n) is 3.88. The second-order valence-electron chi connectivity index (χ2n) is 2.81. The van der Waals surface area contributed by atoms with Gasteiger partial charge in [0.2, 0.25) is 0 Å². The third kappa shape index (κ3) is 1.36. The topological polar surface area (TPSA) is 41.8 Å². The number of aromatic nitrogens is 1. The summed E-state index contributed by atoms with van der Waals surface area (Å²) in [5, 5.41) is 0.968. The van der Waals surface area contributed by atoms with Gasteiger partial charge in [-0.25, -0.2) is 4.39 Å². The van der Waals surface area contributed by atoms with Gasteiger partial charge in [-0.3, -0.25) is 0 Å². The molecule has 13 heavy (non-hydrogen) atoms. The van der Waals surface area contributed by atoms with Gasteiger partial charge in [-0.1, -0.05) is 0 Å². The average molecular weight is 243 g/mol. The summed E-state index contributed by atoms with van der Waals surface area (Å²) in [6.07, 6.45) is 0. The fraction of sp³-hybridized carbons (Fsp3) is 0.111. The zero-order valence-electron chi connectivity index (χ0n) is 6.77. The van der Waals surface area contributed by atoms with Crippen molar-refractivity contribution in [3.8, 4) is 0 Å². The van der Waals surface area contributed by atoms with Gasteiger partial charge in [0.15, 0.2) is 0 Å². The van der Waals surface area contributed by atoms with Crippen LogP contribution < -0.4 is 5.73 Å². The zero-order valence-corrected chi connectivity index (χ0v) is 8.36. The minimum Gasteiger partial charge on any atom is -0.349 e. The summed E-state index contributed by atoms with van der Waals surface area (Å²) in [6.45, 7) is 0.437. The van der Waals surface area contributed by atoms with E-state index in [2.05, 4.69) is 20.9 Å². The van der Waals surface area contributed by atoms with E-state index in [1.165, 1.54) is 12.1 Å². The Hall–Kier alpha value is -0.870. The zero-order chi connectivity index (χ0) is 9.42. The van der Waals surface area contributed by atoms with E-state index in [0.29, 0.717) is 6.54 Å². The lowest BCUT2D eigenvalue weighted by Crippen LogP contribution is -1.95. The SMILES string of the molecule is NCc1c(Br)[nH]c2cc(F)ccc12. The van der Waals surface area contributed by atoms with E-state index in [1.807, 2.05) is 0 Å². The van der Waals surface area contributed by atoms with E-state index in [1.54, 1.807) is 6.07 Å². The minimum atomic E-state index is -0.246. The van der Waals surface area contributed by atoms with Gasteiger partial charge in [-0.2, -0.15) is 0 Å². The van der Waals surface area contributed by atoms with E-state index in [9.17, 15) is 4.39 Å². The van der Waals surface area contributed by atoms with Gasteiger partial charge >= 0.3 is 0 Å². The van der Waals surface area contributed by atoms with Crippen LogP contribution in [0.5, 0.6) is 0 Å². The van der Waals surface area contributed by atoms with Crippen LogP contribution >= 0.6 is 15.9 Å². The molecular weight excluding hydrogens is 235 g/mol. The molecule has 2 aromatic rings. The Bertz CT molecular complexity index is 450. The van der Waals surface area contributed by atoms with Crippen molar-refractivity contribution in [2.45, 2.75) is 6.54 Å². The number of hydrogen-bond donors (Lipinski definition) is 2. The fourth-order valence-electron chi connectivity index (χ4n) is 1.39. The van der Waals surface area contributed by atoms with Crippen LogP contribution in [0.4, 0.5) is 4.39 Å². The van der Waals surface area contributed by atoms with Gasteiger partial charge in [0.05, 0.1) is 4.60 Å². The van der Waals surface area contributed by atoms with Gasteiger partial charge in [-0.05, 0) is 34.1 Å². The predicted molar refractivity (Wildman–Crippen MR) is 53.8 cm³/mol. The Morgan fingerprint density at radius 1 is 1.46 bits per heavy atom. The smallest absolute Gasteiger partial charge is 0.125 e. The largest absolute Gasteiger partial charge is 0.349 e. The molecule has 0 radical (unpaired) electrons. The van der Waals surface area contributed by atoms with Gasteiger partial charge < -0.3 is 10.7 Å². The van der Waals surface area contributed by atoms with Crippen molar-refractivity contribution in [2.75, 3.05) is 0 Å². The van der Waals surface area contributed by atoms with Gasteiger partial charge in [0, 0.05) is 23.0 Å². The highest BCUT2D eigenvalue weighted by atomic mass is 79.9. The lowest BCUT2D eigenvalue weighted by Gasteiger charge is -1.93.